The topological polar surface area (TPSA) is 150 Å². The van der Waals surface area contributed by atoms with Crippen molar-refractivity contribution in [2.45, 2.75) is 58.4 Å². The summed E-state index contributed by atoms with van der Waals surface area (Å²) in [5, 5.41) is 0. The third kappa shape index (κ3) is 7.44. The molecular formula is C22H26O12. The van der Waals surface area contributed by atoms with Crippen LogP contribution in [0.1, 0.15) is 38.1 Å². The number of methoxy groups -OCH3 is 1. The van der Waals surface area contributed by atoms with Gasteiger partial charge in [-0.3, -0.25) is 19.2 Å². The van der Waals surface area contributed by atoms with Crippen LogP contribution in [-0.4, -0.2) is 74.3 Å². The summed E-state index contributed by atoms with van der Waals surface area (Å²) in [6.45, 7) is 4.13. The predicted octanol–water partition coefficient (Wildman–Crippen LogP) is 0.935. The molecule has 186 valence electrons. The summed E-state index contributed by atoms with van der Waals surface area (Å²) in [6.07, 6.45) is -6.62. The Labute approximate surface area is 195 Å². The van der Waals surface area contributed by atoms with Crippen LogP contribution < -0.4 is 4.74 Å². The van der Waals surface area contributed by atoms with E-state index in [2.05, 4.69) is 4.74 Å². The maximum Gasteiger partial charge on any atom is 0.337 e. The minimum absolute atomic E-state index is 0.129. The van der Waals surface area contributed by atoms with Gasteiger partial charge in [0.15, 0.2) is 12.2 Å². The van der Waals surface area contributed by atoms with Crippen molar-refractivity contribution in [2.75, 3.05) is 13.7 Å². The summed E-state index contributed by atoms with van der Waals surface area (Å²) in [6, 6.07) is 5.87. The van der Waals surface area contributed by atoms with Crippen LogP contribution in [0.4, 0.5) is 0 Å². The van der Waals surface area contributed by atoms with Gasteiger partial charge in [-0.2, -0.15) is 0 Å². The zero-order chi connectivity index (χ0) is 25.4. The zero-order valence-corrected chi connectivity index (χ0v) is 19.3. The van der Waals surface area contributed by atoms with E-state index >= 15 is 0 Å². The van der Waals surface area contributed by atoms with Crippen LogP contribution in [0.5, 0.6) is 5.75 Å². The van der Waals surface area contributed by atoms with Crippen molar-refractivity contribution in [3.05, 3.63) is 29.8 Å². The molecule has 12 nitrogen and oxygen atoms in total. The Balaban J connectivity index is 2.47. The SMILES string of the molecule is COC(=O)c1cccc(O[C@H]2O[C@H](COC(C)=O)[C@@H](OC(C)=O)[C@H](OC(C)=O)[C@@H]2OC(C)=O)c1. The summed E-state index contributed by atoms with van der Waals surface area (Å²) in [4.78, 5) is 58.7. The Kier molecular flexibility index (Phi) is 9.36. The van der Waals surface area contributed by atoms with Crippen molar-refractivity contribution in [3.63, 3.8) is 0 Å². The van der Waals surface area contributed by atoms with Crippen molar-refractivity contribution < 1.29 is 57.1 Å². The summed E-state index contributed by atoms with van der Waals surface area (Å²) >= 11 is 0. The van der Waals surface area contributed by atoms with Crippen LogP contribution in [0.2, 0.25) is 0 Å². The molecule has 0 spiro atoms. The van der Waals surface area contributed by atoms with Crippen LogP contribution in [-0.2, 0) is 47.6 Å². The fraction of sp³-hybridized carbons (Fsp3) is 0.500. The molecule has 1 aliphatic heterocycles. The highest BCUT2D eigenvalue weighted by Gasteiger charge is 2.53. The highest BCUT2D eigenvalue weighted by molar-refractivity contribution is 5.89. The highest BCUT2D eigenvalue weighted by Crippen LogP contribution is 2.31. The molecule has 0 radical (unpaired) electrons. The molecule has 0 amide bonds. The van der Waals surface area contributed by atoms with Crippen molar-refractivity contribution in [1.82, 2.24) is 0 Å². The van der Waals surface area contributed by atoms with E-state index in [1.165, 1.54) is 38.3 Å². The quantitative estimate of drug-likeness (QED) is 0.383. The standard InChI is InChI=1S/C22H26O12/c1-11(23)29-10-17-18(30-12(2)24)19(31-13(3)25)20(32-14(4)26)22(34-17)33-16-8-6-7-15(9-16)21(27)28-5/h6-9,17-20,22H,10H2,1-5H3/t17-,18-,19+,20+,22+/m1/s1. The van der Waals surface area contributed by atoms with Gasteiger partial charge < -0.3 is 33.2 Å². The van der Waals surface area contributed by atoms with Gasteiger partial charge in [-0.25, -0.2) is 4.79 Å². The largest absolute Gasteiger partial charge is 0.465 e. The summed E-state index contributed by atoms with van der Waals surface area (Å²) in [5.74, 6) is -3.40. The van der Waals surface area contributed by atoms with E-state index in [4.69, 9.17) is 28.4 Å². The van der Waals surface area contributed by atoms with Crippen LogP contribution >= 0.6 is 0 Å². The smallest absolute Gasteiger partial charge is 0.337 e. The second kappa shape index (κ2) is 12.0. The number of benzene rings is 1. The van der Waals surface area contributed by atoms with Crippen LogP contribution in [0, 0.1) is 0 Å². The average molecular weight is 482 g/mol. The molecule has 2 rings (SSSR count). The van der Waals surface area contributed by atoms with E-state index in [1.807, 2.05) is 0 Å². The molecule has 12 heteroatoms. The molecule has 1 saturated heterocycles. The average Bonchev–Trinajstić information content (AvgIpc) is 2.75. The van der Waals surface area contributed by atoms with Gasteiger partial charge in [0, 0.05) is 27.7 Å². The molecule has 1 aromatic carbocycles. The molecule has 0 aliphatic carbocycles. The number of carbonyl (C=O) groups is 5. The number of ether oxygens (including phenoxy) is 7. The number of hydrogen-bond donors (Lipinski definition) is 0. The third-order valence-corrected chi connectivity index (χ3v) is 4.46. The maximum atomic E-state index is 11.9. The summed E-state index contributed by atoms with van der Waals surface area (Å²) in [5.41, 5.74) is 0.172. The molecule has 0 unspecified atom stereocenters. The number of rotatable bonds is 8. The normalized spacial score (nSPS) is 23.7. The van der Waals surface area contributed by atoms with Crippen molar-refractivity contribution in [3.8, 4) is 5.75 Å². The van der Waals surface area contributed by atoms with Crippen molar-refractivity contribution >= 4 is 29.8 Å². The molecule has 0 bridgehead atoms. The van der Waals surface area contributed by atoms with Crippen molar-refractivity contribution in [2.24, 2.45) is 0 Å². The minimum Gasteiger partial charge on any atom is -0.465 e. The molecule has 34 heavy (non-hydrogen) atoms. The minimum atomic E-state index is -1.41. The first-order chi connectivity index (χ1) is 16.0. The molecule has 1 fully saturated rings. The van der Waals surface area contributed by atoms with Gasteiger partial charge in [-0.15, -0.1) is 0 Å². The molecule has 1 heterocycles. The first kappa shape index (κ1) is 26.6. The van der Waals surface area contributed by atoms with Gasteiger partial charge in [0.05, 0.1) is 12.7 Å². The molecule has 1 aromatic rings. The summed E-state index contributed by atoms with van der Waals surface area (Å²) < 4.78 is 37.3. The molecule has 0 N–H and O–H groups in total. The number of hydrogen-bond acceptors (Lipinski definition) is 12. The lowest BCUT2D eigenvalue weighted by atomic mass is 9.98. The maximum absolute atomic E-state index is 11.9. The van der Waals surface area contributed by atoms with Crippen LogP contribution in [0.3, 0.4) is 0 Å². The van der Waals surface area contributed by atoms with Gasteiger partial charge in [-0.1, -0.05) is 6.07 Å². The van der Waals surface area contributed by atoms with E-state index in [0.717, 1.165) is 20.8 Å². The summed E-state index contributed by atoms with van der Waals surface area (Å²) in [7, 11) is 1.22. The number of esters is 5. The molecule has 5 atom stereocenters. The van der Waals surface area contributed by atoms with Gasteiger partial charge in [-0.05, 0) is 18.2 Å². The van der Waals surface area contributed by atoms with Crippen molar-refractivity contribution in [1.29, 1.82) is 0 Å². The van der Waals surface area contributed by atoms with E-state index in [0.29, 0.717) is 0 Å². The molecule has 0 aromatic heterocycles. The van der Waals surface area contributed by atoms with Gasteiger partial charge >= 0.3 is 29.8 Å². The second-order valence-corrected chi connectivity index (χ2v) is 7.20. The van der Waals surface area contributed by atoms with Crippen LogP contribution in [0.25, 0.3) is 0 Å². The number of carbonyl (C=O) groups excluding carboxylic acids is 5. The molecule has 0 saturated carbocycles. The lowest BCUT2D eigenvalue weighted by molar-refractivity contribution is -0.288. The second-order valence-electron chi connectivity index (χ2n) is 7.20. The van der Waals surface area contributed by atoms with Gasteiger partial charge in [0.1, 0.15) is 18.5 Å². The van der Waals surface area contributed by atoms with E-state index in [1.54, 1.807) is 0 Å². The van der Waals surface area contributed by atoms with E-state index in [9.17, 15) is 24.0 Å². The van der Waals surface area contributed by atoms with Gasteiger partial charge in [0.25, 0.3) is 0 Å². The fourth-order valence-corrected chi connectivity index (χ4v) is 3.23. The lowest BCUT2D eigenvalue weighted by Gasteiger charge is -2.43. The Bertz CT molecular complexity index is 926. The molecular weight excluding hydrogens is 456 g/mol. The first-order valence-corrected chi connectivity index (χ1v) is 10.2. The Morgan fingerprint density at radius 1 is 0.824 bits per heavy atom. The lowest BCUT2D eigenvalue weighted by Crippen LogP contribution is -2.63. The predicted molar refractivity (Wildman–Crippen MR) is 110 cm³/mol. The van der Waals surface area contributed by atoms with E-state index in [-0.39, 0.29) is 17.9 Å². The Morgan fingerprint density at radius 3 is 1.97 bits per heavy atom. The monoisotopic (exact) mass is 482 g/mol. The fourth-order valence-electron chi connectivity index (χ4n) is 3.23. The Morgan fingerprint density at radius 2 is 1.41 bits per heavy atom. The third-order valence-electron chi connectivity index (χ3n) is 4.46. The highest BCUT2D eigenvalue weighted by atomic mass is 16.7. The first-order valence-electron chi connectivity index (χ1n) is 10.2. The van der Waals surface area contributed by atoms with E-state index < -0.39 is 60.6 Å². The Hall–Kier alpha value is -3.67. The van der Waals surface area contributed by atoms with Crippen LogP contribution in [0.15, 0.2) is 24.3 Å². The van der Waals surface area contributed by atoms with Gasteiger partial charge in [0.2, 0.25) is 12.4 Å². The molecule has 1 aliphatic rings. The zero-order valence-electron chi connectivity index (χ0n) is 19.3.